The van der Waals surface area contributed by atoms with Gasteiger partial charge >= 0.3 is 0 Å². The van der Waals surface area contributed by atoms with Crippen LogP contribution in [0.2, 0.25) is 5.02 Å². The molecule has 1 aliphatic heterocycles. The summed E-state index contributed by atoms with van der Waals surface area (Å²) in [5.74, 6) is 0. The van der Waals surface area contributed by atoms with Crippen LogP contribution in [-0.4, -0.2) is 43.5 Å². The number of aromatic nitrogens is 1. The van der Waals surface area contributed by atoms with Gasteiger partial charge in [0.05, 0.1) is 18.2 Å². The van der Waals surface area contributed by atoms with Gasteiger partial charge in [-0.05, 0) is 12.5 Å². The lowest BCUT2D eigenvalue weighted by Gasteiger charge is -2.34. The van der Waals surface area contributed by atoms with Crippen molar-refractivity contribution in [1.29, 1.82) is 0 Å². The van der Waals surface area contributed by atoms with Crippen LogP contribution >= 0.6 is 11.6 Å². The first-order valence-electron chi connectivity index (χ1n) is 5.76. The van der Waals surface area contributed by atoms with Crippen LogP contribution in [-0.2, 0) is 14.8 Å². The highest BCUT2D eigenvalue weighted by Crippen LogP contribution is 2.26. The van der Waals surface area contributed by atoms with Crippen molar-refractivity contribution in [2.45, 2.75) is 24.3 Å². The number of nitrogens with zero attached hydrogens (tertiary/aromatic N) is 2. The topological polar surface area (TPSA) is 59.5 Å². The van der Waals surface area contributed by atoms with Gasteiger partial charge < -0.3 is 4.74 Å². The second-order valence-corrected chi connectivity index (χ2v) is 6.33. The Morgan fingerprint density at radius 1 is 1.61 bits per heavy atom. The molecule has 0 bridgehead atoms. The van der Waals surface area contributed by atoms with Crippen LogP contribution in [0.4, 0.5) is 0 Å². The summed E-state index contributed by atoms with van der Waals surface area (Å²) in [6, 6.07) is 1.34. The fraction of sp³-hybridized carbons (Fsp3) is 0.545. The lowest BCUT2D eigenvalue weighted by Crippen LogP contribution is -2.48. The van der Waals surface area contributed by atoms with Gasteiger partial charge in [-0.1, -0.05) is 18.5 Å². The molecule has 0 aliphatic carbocycles. The standard InChI is InChI=1S/C11H15ClN2O3S/c1-2-9-8-17-6-5-14(9)18(15,16)11-7-13-4-3-10(11)12/h3-4,7,9H,2,5-6,8H2,1H3. The van der Waals surface area contributed by atoms with E-state index in [1.807, 2.05) is 6.92 Å². The highest BCUT2D eigenvalue weighted by Gasteiger charge is 2.34. The number of rotatable bonds is 3. The van der Waals surface area contributed by atoms with E-state index < -0.39 is 10.0 Å². The largest absolute Gasteiger partial charge is 0.378 e. The zero-order chi connectivity index (χ0) is 13.2. The molecular weight excluding hydrogens is 276 g/mol. The quantitative estimate of drug-likeness (QED) is 0.847. The molecule has 1 fully saturated rings. The minimum Gasteiger partial charge on any atom is -0.378 e. The van der Waals surface area contributed by atoms with Gasteiger partial charge in [0.15, 0.2) is 0 Å². The predicted octanol–water partition coefficient (Wildman–Crippen LogP) is 1.53. The van der Waals surface area contributed by atoms with Gasteiger partial charge in [0.25, 0.3) is 0 Å². The molecular formula is C11H15ClN2O3S. The molecule has 5 nitrogen and oxygen atoms in total. The highest BCUT2D eigenvalue weighted by atomic mass is 35.5. The molecule has 7 heteroatoms. The maximum absolute atomic E-state index is 12.5. The van der Waals surface area contributed by atoms with E-state index in [1.54, 1.807) is 0 Å². The van der Waals surface area contributed by atoms with Crippen molar-refractivity contribution in [1.82, 2.24) is 9.29 Å². The molecule has 1 atom stereocenters. The average Bonchev–Trinajstić information content (AvgIpc) is 2.39. The Balaban J connectivity index is 2.39. The van der Waals surface area contributed by atoms with E-state index in [-0.39, 0.29) is 16.0 Å². The SMILES string of the molecule is CCC1COCCN1S(=O)(=O)c1cnccc1Cl. The molecule has 1 aromatic rings. The molecule has 1 saturated heterocycles. The summed E-state index contributed by atoms with van der Waals surface area (Å²) >= 11 is 5.94. The first kappa shape index (κ1) is 13.7. The Bertz CT molecular complexity index is 521. The van der Waals surface area contributed by atoms with Gasteiger partial charge in [0, 0.05) is 25.0 Å². The van der Waals surface area contributed by atoms with Crippen LogP contribution in [0.5, 0.6) is 0 Å². The summed E-state index contributed by atoms with van der Waals surface area (Å²) in [4.78, 5) is 3.90. The van der Waals surface area contributed by atoms with E-state index in [9.17, 15) is 8.42 Å². The summed E-state index contributed by atoms with van der Waals surface area (Å²) in [6.07, 6.45) is 3.47. The van der Waals surface area contributed by atoms with E-state index in [0.717, 1.165) is 0 Å². The summed E-state index contributed by atoms with van der Waals surface area (Å²) < 4.78 is 31.8. The molecule has 1 unspecified atom stereocenters. The van der Waals surface area contributed by atoms with Crippen LogP contribution < -0.4 is 0 Å². The lowest BCUT2D eigenvalue weighted by atomic mass is 10.2. The molecule has 0 amide bonds. The minimum absolute atomic E-state index is 0.0621. The number of halogens is 1. The maximum atomic E-state index is 12.5. The van der Waals surface area contributed by atoms with E-state index in [1.165, 1.54) is 22.8 Å². The van der Waals surface area contributed by atoms with Crippen LogP contribution in [0.25, 0.3) is 0 Å². The third-order valence-electron chi connectivity index (χ3n) is 2.97. The van der Waals surface area contributed by atoms with Crippen LogP contribution in [0.1, 0.15) is 13.3 Å². The number of ether oxygens (including phenoxy) is 1. The Hall–Kier alpha value is -0.690. The molecule has 0 aromatic carbocycles. The van der Waals surface area contributed by atoms with Crippen LogP contribution in [0.15, 0.2) is 23.4 Å². The van der Waals surface area contributed by atoms with E-state index in [0.29, 0.717) is 26.2 Å². The monoisotopic (exact) mass is 290 g/mol. The van der Waals surface area contributed by atoms with Gasteiger partial charge in [0.1, 0.15) is 4.90 Å². The lowest BCUT2D eigenvalue weighted by molar-refractivity contribution is 0.0314. The number of hydrogen-bond acceptors (Lipinski definition) is 4. The first-order valence-corrected chi connectivity index (χ1v) is 7.58. The van der Waals surface area contributed by atoms with Crippen molar-refractivity contribution >= 4 is 21.6 Å². The molecule has 18 heavy (non-hydrogen) atoms. The zero-order valence-corrected chi connectivity index (χ0v) is 11.6. The smallest absolute Gasteiger partial charge is 0.246 e. The molecule has 100 valence electrons. The fourth-order valence-corrected chi connectivity index (χ4v) is 4.03. The maximum Gasteiger partial charge on any atom is 0.246 e. The van der Waals surface area contributed by atoms with Crippen molar-refractivity contribution in [3.63, 3.8) is 0 Å². The van der Waals surface area contributed by atoms with Gasteiger partial charge in [0.2, 0.25) is 10.0 Å². The second-order valence-electron chi connectivity index (χ2n) is 4.06. The fourth-order valence-electron chi connectivity index (χ4n) is 1.96. The molecule has 1 aliphatic rings. The molecule has 2 rings (SSSR count). The molecule has 2 heterocycles. The predicted molar refractivity (Wildman–Crippen MR) is 68.0 cm³/mol. The van der Waals surface area contributed by atoms with Crippen molar-refractivity contribution in [2.24, 2.45) is 0 Å². The van der Waals surface area contributed by atoms with Crippen molar-refractivity contribution < 1.29 is 13.2 Å². The van der Waals surface area contributed by atoms with Crippen LogP contribution in [0, 0.1) is 0 Å². The van der Waals surface area contributed by atoms with Crippen molar-refractivity contribution in [3.05, 3.63) is 23.5 Å². The summed E-state index contributed by atoms with van der Waals surface area (Å²) in [5, 5.41) is 0.200. The normalized spacial score (nSPS) is 22.0. The number of morpholine rings is 1. The minimum atomic E-state index is -3.60. The third-order valence-corrected chi connectivity index (χ3v) is 5.39. The number of pyridine rings is 1. The third kappa shape index (κ3) is 2.51. The number of hydrogen-bond donors (Lipinski definition) is 0. The Morgan fingerprint density at radius 2 is 2.39 bits per heavy atom. The molecule has 0 saturated carbocycles. The molecule has 1 aromatic heterocycles. The van der Waals surface area contributed by atoms with Gasteiger partial charge in [-0.2, -0.15) is 4.31 Å². The Morgan fingerprint density at radius 3 is 3.06 bits per heavy atom. The molecule has 0 radical (unpaired) electrons. The Labute approximate surface area is 112 Å². The number of sulfonamides is 1. The van der Waals surface area contributed by atoms with E-state index in [2.05, 4.69) is 4.98 Å². The van der Waals surface area contributed by atoms with E-state index in [4.69, 9.17) is 16.3 Å². The molecule has 0 spiro atoms. The summed E-state index contributed by atoms with van der Waals surface area (Å²) in [5.41, 5.74) is 0. The summed E-state index contributed by atoms with van der Waals surface area (Å²) in [6.45, 7) is 3.13. The average molecular weight is 291 g/mol. The second kappa shape index (κ2) is 5.52. The zero-order valence-electron chi connectivity index (χ0n) is 10.0. The first-order chi connectivity index (χ1) is 8.57. The van der Waals surface area contributed by atoms with Crippen LogP contribution in [0.3, 0.4) is 0 Å². The summed E-state index contributed by atoms with van der Waals surface area (Å²) in [7, 11) is -3.60. The Kier molecular flexibility index (Phi) is 4.21. The van der Waals surface area contributed by atoms with E-state index >= 15 is 0 Å². The van der Waals surface area contributed by atoms with Gasteiger partial charge in [-0.25, -0.2) is 8.42 Å². The molecule has 0 N–H and O–H groups in total. The van der Waals surface area contributed by atoms with Gasteiger partial charge in [-0.3, -0.25) is 4.98 Å². The van der Waals surface area contributed by atoms with Crippen molar-refractivity contribution in [3.8, 4) is 0 Å². The highest BCUT2D eigenvalue weighted by molar-refractivity contribution is 7.89. The van der Waals surface area contributed by atoms with Crippen molar-refractivity contribution in [2.75, 3.05) is 19.8 Å². The van der Waals surface area contributed by atoms with Gasteiger partial charge in [-0.15, -0.1) is 0 Å².